The molecule has 0 saturated carbocycles. The second-order valence-corrected chi connectivity index (χ2v) is 11.1. The zero-order valence-corrected chi connectivity index (χ0v) is 12.3. The van der Waals surface area contributed by atoms with E-state index < -0.39 is 8.32 Å². The van der Waals surface area contributed by atoms with E-state index in [2.05, 4.69) is 38.8 Å². The minimum absolute atomic E-state index is 0.204. The molecule has 96 valence electrons. The van der Waals surface area contributed by atoms with Crippen LogP contribution in [-0.4, -0.2) is 45.6 Å². The molecule has 0 aromatic rings. The van der Waals surface area contributed by atoms with Crippen LogP contribution < -0.4 is 0 Å². The van der Waals surface area contributed by atoms with E-state index in [9.17, 15) is 4.39 Å². The molecule has 0 unspecified atom stereocenters. The maximum atomic E-state index is 12.0. The average molecular weight is 247 g/mol. The molecule has 2 nitrogen and oxygen atoms in total. The summed E-state index contributed by atoms with van der Waals surface area (Å²) < 4.78 is 18.2. The Morgan fingerprint density at radius 1 is 1.31 bits per heavy atom. The van der Waals surface area contributed by atoms with Gasteiger partial charge in [-0.2, -0.15) is 0 Å². The summed E-state index contributed by atoms with van der Waals surface area (Å²) in [6.45, 7) is 14.0. The van der Waals surface area contributed by atoms with Crippen molar-refractivity contribution < 1.29 is 8.82 Å². The summed E-state index contributed by atoms with van der Waals surface area (Å²) in [5.74, 6) is 0. The molecule has 0 spiro atoms. The van der Waals surface area contributed by atoms with Crippen LogP contribution in [0.3, 0.4) is 0 Å². The normalized spacial score (nSPS) is 19.9. The maximum absolute atomic E-state index is 12.0. The number of alkyl halides is 1. The van der Waals surface area contributed by atoms with Crippen molar-refractivity contribution in [2.45, 2.75) is 51.4 Å². The van der Waals surface area contributed by atoms with Gasteiger partial charge in [-0.15, -0.1) is 0 Å². The van der Waals surface area contributed by atoms with Crippen molar-refractivity contribution in [3.8, 4) is 0 Å². The lowest BCUT2D eigenvalue weighted by molar-refractivity contribution is 0.00942. The highest BCUT2D eigenvalue weighted by molar-refractivity contribution is 6.74. The third-order valence-electron chi connectivity index (χ3n) is 3.80. The predicted molar refractivity (Wildman–Crippen MR) is 69.1 cm³/mol. The highest BCUT2D eigenvalue weighted by atomic mass is 28.4. The molecule has 1 saturated heterocycles. The molecule has 0 bridgehead atoms. The van der Waals surface area contributed by atoms with Crippen molar-refractivity contribution in [3.63, 3.8) is 0 Å². The van der Waals surface area contributed by atoms with Crippen molar-refractivity contribution >= 4 is 8.32 Å². The van der Waals surface area contributed by atoms with Gasteiger partial charge in [-0.3, -0.25) is 9.29 Å². The van der Waals surface area contributed by atoms with Crippen LogP contribution in [0.5, 0.6) is 0 Å². The van der Waals surface area contributed by atoms with E-state index in [1.165, 1.54) is 0 Å². The van der Waals surface area contributed by atoms with Gasteiger partial charge in [-0.1, -0.05) is 20.8 Å². The summed E-state index contributed by atoms with van der Waals surface area (Å²) in [4.78, 5) is 2.28. The fourth-order valence-electron chi connectivity index (χ4n) is 1.66. The molecule has 1 aliphatic heterocycles. The van der Waals surface area contributed by atoms with E-state index in [4.69, 9.17) is 4.43 Å². The van der Waals surface area contributed by atoms with Gasteiger partial charge in [0.2, 0.25) is 0 Å². The number of halogens is 1. The van der Waals surface area contributed by atoms with Gasteiger partial charge in [0.15, 0.2) is 8.32 Å². The van der Waals surface area contributed by atoms with Crippen molar-refractivity contribution in [3.05, 3.63) is 0 Å². The molecule has 4 heteroatoms. The molecular formula is C12H26FNOSi. The van der Waals surface area contributed by atoms with E-state index in [1.807, 2.05) is 0 Å². The van der Waals surface area contributed by atoms with E-state index in [0.29, 0.717) is 12.5 Å². The van der Waals surface area contributed by atoms with Gasteiger partial charge in [0.25, 0.3) is 0 Å². The van der Waals surface area contributed by atoms with Crippen LogP contribution in [0.1, 0.15) is 27.2 Å². The fourth-order valence-corrected chi connectivity index (χ4v) is 2.99. The minimum Gasteiger partial charge on any atom is -0.411 e. The number of nitrogens with zero attached hydrogens (tertiary/aromatic N) is 1. The smallest absolute Gasteiger partial charge is 0.192 e. The number of rotatable bonds is 5. The summed E-state index contributed by atoms with van der Waals surface area (Å²) in [5.41, 5.74) is 0. The van der Waals surface area contributed by atoms with Crippen molar-refractivity contribution in [2.75, 3.05) is 26.3 Å². The Labute approximate surface area is 100 Å². The number of hydrogen-bond donors (Lipinski definition) is 0. The van der Waals surface area contributed by atoms with Crippen LogP contribution in [0.4, 0.5) is 4.39 Å². The first kappa shape index (κ1) is 14.1. The molecule has 1 rings (SSSR count). The molecule has 0 aromatic heterocycles. The van der Waals surface area contributed by atoms with Gasteiger partial charge in [0, 0.05) is 19.6 Å². The maximum Gasteiger partial charge on any atom is 0.192 e. The number of likely N-dealkylation sites (tertiary alicyclic amines) is 1. The summed E-state index contributed by atoms with van der Waals surface area (Å²) in [6, 6.07) is 0. The molecule has 16 heavy (non-hydrogen) atoms. The van der Waals surface area contributed by atoms with Gasteiger partial charge < -0.3 is 4.43 Å². The second-order valence-electron chi connectivity index (χ2n) is 6.30. The Bertz CT molecular complexity index is 222. The van der Waals surface area contributed by atoms with Gasteiger partial charge in [0.1, 0.15) is 0 Å². The van der Waals surface area contributed by atoms with Gasteiger partial charge in [-0.25, -0.2) is 0 Å². The Balaban J connectivity index is 2.27. The Morgan fingerprint density at radius 3 is 2.31 bits per heavy atom. The molecule has 0 radical (unpaired) electrons. The summed E-state index contributed by atoms with van der Waals surface area (Å²) in [6.07, 6.45) is 1.05. The van der Waals surface area contributed by atoms with Crippen LogP contribution in [0, 0.1) is 0 Å². The largest absolute Gasteiger partial charge is 0.411 e. The third kappa shape index (κ3) is 3.53. The summed E-state index contributed by atoms with van der Waals surface area (Å²) >= 11 is 0. The molecule has 1 heterocycles. The van der Waals surface area contributed by atoms with Gasteiger partial charge in [0.05, 0.1) is 12.8 Å². The van der Waals surface area contributed by atoms with Crippen LogP contribution >= 0.6 is 0 Å². The van der Waals surface area contributed by atoms with Crippen molar-refractivity contribution in [1.82, 2.24) is 4.90 Å². The first-order chi connectivity index (χ1) is 7.26. The predicted octanol–water partition coefficient (Wildman–Crippen LogP) is 3.05. The topological polar surface area (TPSA) is 12.5 Å². The van der Waals surface area contributed by atoms with Gasteiger partial charge in [-0.05, 0) is 24.6 Å². The van der Waals surface area contributed by atoms with E-state index in [1.54, 1.807) is 0 Å². The van der Waals surface area contributed by atoms with E-state index in [-0.39, 0.29) is 11.7 Å². The monoisotopic (exact) mass is 247 g/mol. The minimum atomic E-state index is -1.60. The molecule has 0 amide bonds. The second kappa shape index (κ2) is 5.15. The summed E-state index contributed by atoms with van der Waals surface area (Å²) in [5, 5.41) is 0.284. The van der Waals surface area contributed by atoms with Crippen molar-refractivity contribution in [1.29, 1.82) is 0 Å². The standard InChI is InChI=1S/C12H26FNOSi/c1-12(2,3)16(4,5)15-11-9-14(10-11)8-6-7-13/h11H,6-10H2,1-5H3. The SMILES string of the molecule is CC(C)(C)[Si](C)(C)OC1CN(CCCF)C1. The highest BCUT2D eigenvalue weighted by Crippen LogP contribution is 2.38. The van der Waals surface area contributed by atoms with Crippen LogP contribution in [0.25, 0.3) is 0 Å². The molecule has 0 atom stereocenters. The third-order valence-corrected chi connectivity index (χ3v) is 8.33. The first-order valence-electron chi connectivity index (χ1n) is 6.22. The highest BCUT2D eigenvalue weighted by Gasteiger charge is 2.41. The Hall–Kier alpha value is 0.0669. The van der Waals surface area contributed by atoms with Gasteiger partial charge >= 0.3 is 0 Å². The average Bonchev–Trinajstić information content (AvgIpc) is 2.06. The molecule has 1 aliphatic rings. The lowest BCUT2D eigenvalue weighted by atomic mass is 10.1. The Morgan fingerprint density at radius 2 is 1.88 bits per heavy atom. The zero-order chi connectivity index (χ0) is 12.4. The fraction of sp³-hybridized carbons (Fsp3) is 1.00. The first-order valence-corrected chi connectivity index (χ1v) is 9.13. The molecule has 0 aromatic carbocycles. The van der Waals surface area contributed by atoms with Crippen LogP contribution in [0.2, 0.25) is 18.1 Å². The quantitative estimate of drug-likeness (QED) is 0.692. The molecule has 0 N–H and O–H groups in total. The van der Waals surface area contributed by atoms with Crippen LogP contribution in [0.15, 0.2) is 0 Å². The van der Waals surface area contributed by atoms with E-state index >= 15 is 0 Å². The Kier molecular flexibility index (Phi) is 4.55. The van der Waals surface area contributed by atoms with Crippen molar-refractivity contribution in [2.24, 2.45) is 0 Å². The summed E-state index contributed by atoms with van der Waals surface area (Å²) in [7, 11) is -1.60. The number of hydrogen-bond acceptors (Lipinski definition) is 2. The zero-order valence-electron chi connectivity index (χ0n) is 11.3. The molecule has 0 aliphatic carbocycles. The van der Waals surface area contributed by atoms with Crippen LogP contribution in [-0.2, 0) is 4.43 Å². The lowest BCUT2D eigenvalue weighted by Crippen LogP contribution is -2.57. The molecule has 1 fully saturated rings. The lowest BCUT2D eigenvalue weighted by Gasteiger charge is -2.46. The molecular weight excluding hydrogens is 221 g/mol. The van der Waals surface area contributed by atoms with E-state index in [0.717, 1.165) is 19.6 Å².